The van der Waals surface area contributed by atoms with Crippen LogP contribution in [0.2, 0.25) is 0 Å². The summed E-state index contributed by atoms with van der Waals surface area (Å²) in [5.41, 5.74) is 13.2. The normalized spacial score (nSPS) is 27.9. The van der Waals surface area contributed by atoms with Crippen LogP contribution < -0.4 is 11.5 Å². The lowest BCUT2D eigenvalue weighted by molar-refractivity contribution is 0.227. The highest BCUT2D eigenvalue weighted by molar-refractivity contribution is 4.88. The van der Waals surface area contributed by atoms with Crippen LogP contribution in [0.5, 0.6) is 0 Å². The van der Waals surface area contributed by atoms with E-state index in [0.717, 1.165) is 0 Å². The fourth-order valence-corrected chi connectivity index (χ4v) is 4.37. The van der Waals surface area contributed by atoms with E-state index in [-0.39, 0.29) is 12.1 Å². The van der Waals surface area contributed by atoms with Crippen molar-refractivity contribution in [2.75, 3.05) is 0 Å². The summed E-state index contributed by atoms with van der Waals surface area (Å²) in [4.78, 5) is 0. The monoisotopic (exact) mass is 280 g/mol. The molecular formula is C18H36N2. The van der Waals surface area contributed by atoms with Crippen molar-refractivity contribution in [3.8, 4) is 0 Å². The molecule has 20 heavy (non-hydrogen) atoms. The minimum absolute atomic E-state index is 0.248. The van der Waals surface area contributed by atoms with E-state index in [1.807, 2.05) is 0 Å². The molecule has 4 N–H and O–H groups in total. The van der Waals surface area contributed by atoms with Gasteiger partial charge in [-0.2, -0.15) is 0 Å². The fraction of sp³-hybridized carbons (Fsp3) is 1.00. The highest BCUT2D eigenvalue weighted by Gasteiger charge is 2.29. The van der Waals surface area contributed by atoms with Crippen molar-refractivity contribution in [1.29, 1.82) is 0 Å². The molecule has 0 aromatic carbocycles. The van der Waals surface area contributed by atoms with E-state index in [1.54, 1.807) is 0 Å². The smallest absolute Gasteiger partial charge is 0.0223 e. The summed E-state index contributed by atoms with van der Waals surface area (Å²) in [6.07, 6.45) is 19.2. The van der Waals surface area contributed by atoms with Gasteiger partial charge in [0.25, 0.3) is 0 Å². The molecule has 0 radical (unpaired) electrons. The molecule has 0 aromatic heterocycles. The Kier molecular flexibility index (Phi) is 7.37. The molecule has 0 aromatic rings. The first-order valence-electron chi connectivity index (χ1n) is 9.30. The van der Waals surface area contributed by atoms with E-state index in [1.165, 1.54) is 89.9 Å². The zero-order valence-electron chi connectivity index (χ0n) is 13.4. The van der Waals surface area contributed by atoms with Crippen LogP contribution in [0.3, 0.4) is 0 Å². The predicted octanol–water partition coefficient (Wildman–Crippen LogP) is 4.36. The Hall–Kier alpha value is -0.0800. The third-order valence-corrected chi connectivity index (χ3v) is 5.83. The highest BCUT2D eigenvalue weighted by atomic mass is 14.8. The largest absolute Gasteiger partial charge is 0.326 e. The van der Waals surface area contributed by atoms with E-state index < -0.39 is 0 Å². The Balaban J connectivity index is 1.85. The van der Waals surface area contributed by atoms with Crippen LogP contribution in [0.1, 0.15) is 89.9 Å². The van der Waals surface area contributed by atoms with Crippen LogP contribution >= 0.6 is 0 Å². The summed E-state index contributed by atoms with van der Waals surface area (Å²) in [6, 6.07) is 0.495. The Bertz CT molecular complexity index is 212. The molecule has 2 heteroatoms. The second-order valence-corrected chi connectivity index (χ2v) is 7.37. The first kappa shape index (κ1) is 16.3. The molecule has 2 saturated carbocycles. The van der Waals surface area contributed by atoms with Gasteiger partial charge in [-0.05, 0) is 37.5 Å². The van der Waals surface area contributed by atoms with Gasteiger partial charge in [-0.3, -0.25) is 0 Å². The van der Waals surface area contributed by atoms with Crippen LogP contribution in [-0.4, -0.2) is 12.1 Å². The van der Waals surface area contributed by atoms with Crippen LogP contribution in [-0.2, 0) is 0 Å². The molecule has 2 fully saturated rings. The maximum Gasteiger partial charge on any atom is 0.0223 e. The van der Waals surface area contributed by atoms with Crippen LogP contribution in [0.15, 0.2) is 0 Å². The molecule has 2 aliphatic rings. The Morgan fingerprint density at radius 3 is 1.00 bits per heavy atom. The molecule has 0 aliphatic heterocycles. The lowest BCUT2D eigenvalue weighted by Crippen LogP contribution is -2.51. The van der Waals surface area contributed by atoms with E-state index in [2.05, 4.69) is 0 Å². The SMILES string of the molecule is NC(C1CCCCCCC1)C(N)C1CCCCCCC1. The van der Waals surface area contributed by atoms with Gasteiger partial charge in [-0.25, -0.2) is 0 Å². The summed E-state index contributed by atoms with van der Waals surface area (Å²) in [5.74, 6) is 1.38. The van der Waals surface area contributed by atoms with E-state index in [4.69, 9.17) is 11.5 Å². The fourth-order valence-electron chi connectivity index (χ4n) is 4.37. The van der Waals surface area contributed by atoms with Gasteiger partial charge in [0.05, 0.1) is 0 Å². The molecule has 0 spiro atoms. The maximum atomic E-state index is 6.61. The molecule has 0 bridgehead atoms. The van der Waals surface area contributed by atoms with Gasteiger partial charge in [0.1, 0.15) is 0 Å². The molecule has 0 saturated heterocycles. The molecule has 2 unspecified atom stereocenters. The number of rotatable bonds is 3. The third kappa shape index (κ3) is 5.04. The number of hydrogen-bond acceptors (Lipinski definition) is 2. The van der Waals surface area contributed by atoms with Crippen molar-refractivity contribution in [3.63, 3.8) is 0 Å². The molecule has 0 heterocycles. The zero-order chi connectivity index (χ0) is 14.2. The van der Waals surface area contributed by atoms with Gasteiger partial charge in [0.15, 0.2) is 0 Å². The van der Waals surface area contributed by atoms with Gasteiger partial charge >= 0.3 is 0 Å². The molecule has 2 nitrogen and oxygen atoms in total. The highest BCUT2D eigenvalue weighted by Crippen LogP contribution is 2.30. The minimum Gasteiger partial charge on any atom is -0.326 e. The first-order valence-corrected chi connectivity index (χ1v) is 9.30. The molecule has 2 rings (SSSR count). The van der Waals surface area contributed by atoms with Crippen molar-refractivity contribution in [2.24, 2.45) is 23.3 Å². The lowest BCUT2D eigenvalue weighted by atomic mass is 9.76. The predicted molar refractivity (Wildman–Crippen MR) is 87.6 cm³/mol. The summed E-state index contributed by atoms with van der Waals surface area (Å²) in [6.45, 7) is 0. The quantitative estimate of drug-likeness (QED) is 0.807. The van der Waals surface area contributed by atoms with Crippen molar-refractivity contribution in [3.05, 3.63) is 0 Å². The topological polar surface area (TPSA) is 52.0 Å². The van der Waals surface area contributed by atoms with Crippen molar-refractivity contribution in [2.45, 2.75) is 102 Å². The van der Waals surface area contributed by atoms with Gasteiger partial charge in [0.2, 0.25) is 0 Å². The third-order valence-electron chi connectivity index (χ3n) is 5.83. The Morgan fingerprint density at radius 2 is 0.700 bits per heavy atom. The average molecular weight is 280 g/mol. The van der Waals surface area contributed by atoms with Crippen LogP contribution in [0.25, 0.3) is 0 Å². The van der Waals surface area contributed by atoms with E-state index in [0.29, 0.717) is 11.8 Å². The number of nitrogens with two attached hydrogens (primary N) is 2. The van der Waals surface area contributed by atoms with E-state index in [9.17, 15) is 0 Å². The zero-order valence-corrected chi connectivity index (χ0v) is 13.4. The summed E-state index contributed by atoms with van der Waals surface area (Å²) in [7, 11) is 0. The maximum absolute atomic E-state index is 6.61. The average Bonchev–Trinajstić information content (AvgIpc) is 2.36. The molecule has 2 aliphatic carbocycles. The Labute approximate surface area is 126 Å². The van der Waals surface area contributed by atoms with Crippen molar-refractivity contribution < 1.29 is 0 Å². The van der Waals surface area contributed by atoms with Crippen LogP contribution in [0.4, 0.5) is 0 Å². The van der Waals surface area contributed by atoms with Gasteiger partial charge in [0, 0.05) is 12.1 Å². The molecular weight excluding hydrogens is 244 g/mol. The molecule has 2 atom stereocenters. The van der Waals surface area contributed by atoms with Crippen LogP contribution in [0, 0.1) is 11.8 Å². The lowest BCUT2D eigenvalue weighted by Gasteiger charge is -2.35. The van der Waals surface area contributed by atoms with Crippen molar-refractivity contribution >= 4 is 0 Å². The first-order chi connectivity index (χ1) is 9.79. The van der Waals surface area contributed by atoms with Gasteiger partial charge < -0.3 is 11.5 Å². The van der Waals surface area contributed by atoms with Crippen molar-refractivity contribution in [1.82, 2.24) is 0 Å². The van der Waals surface area contributed by atoms with Gasteiger partial charge in [-0.15, -0.1) is 0 Å². The Morgan fingerprint density at radius 1 is 0.450 bits per heavy atom. The summed E-state index contributed by atoms with van der Waals surface area (Å²) in [5, 5.41) is 0. The molecule has 118 valence electrons. The second-order valence-electron chi connectivity index (χ2n) is 7.37. The van der Waals surface area contributed by atoms with Gasteiger partial charge in [-0.1, -0.05) is 64.2 Å². The number of hydrogen-bond donors (Lipinski definition) is 2. The second kappa shape index (κ2) is 9.04. The minimum atomic E-state index is 0.248. The standard InChI is InChI=1S/C18H36N2/c19-17(15-11-7-3-1-4-8-12-15)18(20)16-13-9-5-2-6-10-14-16/h15-18H,1-14,19-20H2. The molecule has 0 amide bonds. The summed E-state index contributed by atoms with van der Waals surface area (Å²) < 4.78 is 0. The summed E-state index contributed by atoms with van der Waals surface area (Å²) >= 11 is 0. The van der Waals surface area contributed by atoms with E-state index >= 15 is 0 Å².